The summed E-state index contributed by atoms with van der Waals surface area (Å²) < 4.78 is 9.52. The molecule has 6 nitrogen and oxygen atoms in total. The lowest BCUT2D eigenvalue weighted by molar-refractivity contribution is -0.142. The molecule has 0 saturated carbocycles. The van der Waals surface area contributed by atoms with Gasteiger partial charge in [-0.15, -0.1) is 0 Å². The number of hydrogen-bond acceptors (Lipinski definition) is 6. The molecule has 1 atom stereocenters. The Balaban J connectivity index is 2.71. The molecule has 0 amide bonds. The maximum Gasteiger partial charge on any atom is 0.328 e. The summed E-state index contributed by atoms with van der Waals surface area (Å²) in [6, 6.07) is -0.244. The van der Waals surface area contributed by atoms with Crippen LogP contribution in [0.25, 0.3) is 0 Å². The van der Waals surface area contributed by atoms with Crippen LogP contribution in [0.5, 0.6) is 0 Å². The van der Waals surface area contributed by atoms with Crippen molar-refractivity contribution >= 4 is 12.0 Å². The molecular formula is C9H15N3O3. The van der Waals surface area contributed by atoms with Gasteiger partial charge in [-0.1, -0.05) is 19.0 Å². The molecule has 1 aromatic heterocycles. The number of carbonyl (C=O) groups excluding carboxylic acids is 1. The van der Waals surface area contributed by atoms with Gasteiger partial charge < -0.3 is 14.6 Å². The summed E-state index contributed by atoms with van der Waals surface area (Å²) in [7, 11) is 1.35. The van der Waals surface area contributed by atoms with Gasteiger partial charge in [-0.2, -0.15) is 4.98 Å². The Kier molecular flexibility index (Phi) is 3.65. The van der Waals surface area contributed by atoms with Gasteiger partial charge in [0.1, 0.15) is 6.04 Å². The predicted molar refractivity (Wildman–Crippen MR) is 53.3 cm³/mol. The molecular weight excluding hydrogens is 198 g/mol. The molecule has 84 valence electrons. The molecule has 0 aliphatic carbocycles. The molecule has 0 saturated heterocycles. The number of ether oxygens (including phenoxy) is 1. The Morgan fingerprint density at radius 3 is 2.60 bits per heavy atom. The standard InChI is InChI=1S/C9H15N3O3/c1-5(2)7(8(13)14-4)11-9-10-6(3)12-15-9/h5,7H,1-4H3,(H,10,11,12). The maximum absolute atomic E-state index is 11.4. The highest BCUT2D eigenvalue weighted by Gasteiger charge is 2.24. The molecule has 1 aromatic rings. The number of anilines is 1. The first-order valence-corrected chi connectivity index (χ1v) is 4.69. The van der Waals surface area contributed by atoms with Gasteiger partial charge in [-0.05, 0) is 12.8 Å². The molecule has 0 aliphatic heterocycles. The molecule has 1 heterocycles. The molecule has 1 rings (SSSR count). The fourth-order valence-corrected chi connectivity index (χ4v) is 1.11. The van der Waals surface area contributed by atoms with Gasteiger partial charge in [0.25, 0.3) is 0 Å². The van der Waals surface area contributed by atoms with E-state index in [1.165, 1.54) is 7.11 Å². The highest BCUT2D eigenvalue weighted by atomic mass is 16.5. The topological polar surface area (TPSA) is 77.2 Å². The summed E-state index contributed by atoms with van der Waals surface area (Å²) >= 11 is 0. The summed E-state index contributed by atoms with van der Waals surface area (Å²) in [5.74, 6) is 0.246. The zero-order valence-corrected chi connectivity index (χ0v) is 9.27. The van der Waals surface area contributed by atoms with Crippen molar-refractivity contribution in [2.24, 2.45) is 5.92 Å². The Labute approximate surface area is 88.0 Å². The second-order valence-corrected chi connectivity index (χ2v) is 3.54. The van der Waals surface area contributed by atoms with Crippen LogP contribution in [0.4, 0.5) is 6.01 Å². The van der Waals surface area contributed by atoms with E-state index in [0.29, 0.717) is 5.82 Å². The summed E-state index contributed by atoms with van der Waals surface area (Å²) in [6.45, 7) is 5.51. The first kappa shape index (κ1) is 11.5. The predicted octanol–water partition coefficient (Wildman–Crippen LogP) is 0.988. The normalized spacial score (nSPS) is 12.6. The summed E-state index contributed by atoms with van der Waals surface area (Å²) in [4.78, 5) is 15.3. The van der Waals surface area contributed by atoms with Crippen molar-refractivity contribution < 1.29 is 14.1 Å². The number of aromatic nitrogens is 2. The zero-order chi connectivity index (χ0) is 11.4. The monoisotopic (exact) mass is 213 g/mol. The lowest BCUT2D eigenvalue weighted by atomic mass is 10.1. The van der Waals surface area contributed by atoms with E-state index in [1.54, 1.807) is 6.92 Å². The summed E-state index contributed by atoms with van der Waals surface area (Å²) in [5, 5.41) is 6.45. The van der Waals surface area contributed by atoms with Gasteiger partial charge in [-0.25, -0.2) is 4.79 Å². The van der Waals surface area contributed by atoms with E-state index in [2.05, 4.69) is 20.2 Å². The third-order valence-corrected chi connectivity index (χ3v) is 1.93. The van der Waals surface area contributed by atoms with Crippen molar-refractivity contribution in [3.05, 3.63) is 5.82 Å². The van der Waals surface area contributed by atoms with Gasteiger partial charge in [0.2, 0.25) is 0 Å². The Bertz CT molecular complexity index is 335. The first-order valence-electron chi connectivity index (χ1n) is 4.69. The van der Waals surface area contributed by atoms with Crippen molar-refractivity contribution in [1.82, 2.24) is 10.1 Å². The van der Waals surface area contributed by atoms with Gasteiger partial charge in [-0.3, -0.25) is 0 Å². The van der Waals surface area contributed by atoms with Crippen molar-refractivity contribution in [1.29, 1.82) is 0 Å². The van der Waals surface area contributed by atoms with Crippen LogP contribution < -0.4 is 5.32 Å². The van der Waals surface area contributed by atoms with E-state index in [9.17, 15) is 4.79 Å². The van der Waals surface area contributed by atoms with Gasteiger partial charge in [0.15, 0.2) is 5.82 Å². The molecule has 15 heavy (non-hydrogen) atoms. The van der Waals surface area contributed by atoms with Crippen LogP contribution in [0.2, 0.25) is 0 Å². The molecule has 0 radical (unpaired) electrons. The van der Waals surface area contributed by atoms with Crippen molar-refractivity contribution in [2.45, 2.75) is 26.8 Å². The van der Waals surface area contributed by atoms with Crippen LogP contribution in [-0.2, 0) is 9.53 Å². The largest absolute Gasteiger partial charge is 0.467 e. The fraction of sp³-hybridized carbons (Fsp3) is 0.667. The van der Waals surface area contributed by atoms with Gasteiger partial charge >= 0.3 is 12.0 Å². The smallest absolute Gasteiger partial charge is 0.328 e. The van der Waals surface area contributed by atoms with Crippen LogP contribution in [0.3, 0.4) is 0 Å². The first-order chi connectivity index (χ1) is 7.04. The minimum absolute atomic E-state index is 0.0738. The third-order valence-electron chi connectivity index (χ3n) is 1.93. The van der Waals surface area contributed by atoms with E-state index >= 15 is 0 Å². The minimum Gasteiger partial charge on any atom is -0.467 e. The third kappa shape index (κ3) is 2.93. The van der Waals surface area contributed by atoms with E-state index in [-0.39, 0.29) is 17.9 Å². The number of carbonyl (C=O) groups is 1. The average Bonchev–Trinajstić information content (AvgIpc) is 2.59. The number of hydrogen-bond donors (Lipinski definition) is 1. The molecule has 1 N–H and O–H groups in total. The quantitative estimate of drug-likeness (QED) is 0.751. The average molecular weight is 213 g/mol. The van der Waals surface area contributed by atoms with Crippen molar-refractivity contribution in [3.8, 4) is 0 Å². The molecule has 6 heteroatoms. The SMILES string of the molecule is COC(=O)C(Nc1nc(C)no1)C(C)C. The number of rotatable bonds is 4. The Morgan fingerprint density at radius 1 is 1.53 bits per heavy atom. The van der Waals surface area contributed by atoms with Crippen LogP contribution >= 0.6 is 0 Å². The summed E-state index contributed by atoms with van der Waals surface area (Å²) in [6.07, 6.45) is 0. The lowest BCUT2D eigenvalue weighted by Gasteiger charge is -2.17. The molecule has 1 unspecified atom stereocenters. The van der Waals surface area contributed by atoms with E-state index in [0.717, 1.165) is 0 Å². The second-order valence-electron chi connectivity index (χ2n) is 3.54. The van der Waals surface area contributed by atoms with Crippen molar-refractivity contribution in [2.75, 3.05) is 12.4 Å². The molecule has 0 aliphatic rings. The Morgan fingerprint density at radius 2 is 2.20 bits per heavy atom. The molecule has 0 aromatic carbocycles. The minimum atomic E-state index is -0.477. The molecule has 0 fully saturated rings. The highest BCUT2D eigenvalue weighted by Crippen LogP contribution is 2.11. The molecule has 0 bridgehead atoms. The van der Waals surface area contributed by atoms with E-state index < -0.39 is 6.04 Å². The maximum atomic E-state index is 11.4. The van der Waals surface area contributed by atoms with Crippen LogP contribution in [-0.4, -0.2) is 29.3 Å². The number of aryl methyl sites for hydroxylation is 1. The number of nitrogens with zero attached hydrogens (tertiary/aromatic N) is 2. The summed E-state index contributed by atoms with van der Waals surface area (Å²) in [5.41, 5.74) is 0. The van der Waals surface area contributed by atoms with E-state index in [1.807, 2.05) is 13.8 Å². The fourth-order valence-electron chi connectivity index (χ4n) is 1.11. The van der Waals surface area contributed by atoms with Crippen LogP contribution in [0.15, 0.2) is 4.52 Å². The van der Waals surface area contributed by atoms with E-state index in [4.69, 9.17) is 4.52 Å². The van der Waals surface area contributed by atoms with Crippen molar-refractivity contribution in [3.63, 3.8) is 0 Å². The van der Waals surface area contributed by atoms with Crippen LogP contribution in [0.1, 0.15) is 19.7 Å². The molecule has 0 spiro atoms. The number of nitrogens with one attached hydrogen (secondary N) is 1. The Hall–Kier alpha value is -1.59. The van der Waals surface area contributed by atoms with Crippen LogP contribution in [0, 0.1) is 12.8 Å². The lowest BCUT2D eigenvalue weighted by Crippen LogP contribution is -2.35. The second kappa shape index (κ2) is 4.77. The van der Waals surface area contributed by atoms with Gasteiger partial charge in [0.05, 0.1) is 7.11 Å². The highest BCUT2D eigenvalue weighted by molar-refractivity contribution is 5.78. The number of methoxy groups -OCH3 is 1. The number of esters is 1. The zero-order valence-electron chi connectivity index (χ0n) is 9.27. The van der Waals surface area contributed by atoms with Gasteiger partial charge in [0, 0.05) is 0 Å².